The highest BCUT2D eigenvalue weighted by Gasteiger charge is 2.36. The van der Waals surface area contributed by atoms with Crippen LogP contribution in [0.1, 0.15) is 42.5 Å². The molecular weight excluding hydrogens is 436 g/mol. The Kier molecular flexibility index (Phi) is 4.82. The van der Waals surface area contributed by atoms with Gasteiger partial charge in [0.05, 0.1) is 0 Å². The fraction of sp³-hybridized carbons (Fsp3) is 0. The van der Waals surface area contributed by atoms with E-state index in [1.807, 2.05) is 66.7 Å². The number of ketones is 2. The molecule has 1 aliphatic carbocycles. The van der Waals surface area contributed by atoms with E-state index in [1.54, 1.807) is 41.0 Å². The molecule has 5 aromatic rings. The number of hydrogen-bond donors (Lipinski definition) is 0. The number of aromatic nitrogens is 2. The van der Waals surface area contributed by atoms with Gasteiger partial charge in [0.1, 0.15) is 23.5 Å². The SMILES string of the molecule is O=Cc1ccc(-c2ccc(-c3nc4c(n3-c3ccccc3)C(=O)c3ccccc3C4=O)cc2)cc1. The molecule has 1 heterocycles. The molecule has 1 aliphatic rings. The highest BCUT2D eigenvalue weighted by molar-refractivity contribution is 6.27. The number of benzene rings is 4. The predicted molar refractivity (Wildman–Crippen MR) is 133 cm³/mol. The number of nitrogens with zero attached hydrogens (tertiary/aromatic N) is 2. The smallest absolute Gasteiger partial charge is 0.214 e. The maximum atomic E-state index is 13.5. The molecule has 6 rings (SSSR count). The summed E-state index contributed by atoms with van der Waals surface area (Å²) < 4.78 is 1.78. The van der Waals surface area contributed by atoms with Crippen molar-refractivity contribution in [2.45, 2.75) is 0 Å². The fourth-order valence-electron chi connectivity index (χ4n) is 4.51. The lowest BCUT2D eigenvalue weighted by atomic mass is 9.90. The summed E-state index contributed by atoms with van der Waals surface area (Å²) in [5.41, 5.74) is 5.33. The molecule has 4 aromatic carbocycles. The van der Waals surface area contributed by atoms with Crippen LogP contribution in [0, 0.1) is 0 Å². The molecule has 0 amide bonds. The Balaban J connectivity index is 1.52. The predicted octanol–water partition coefficient (Wildman–Crippen LogP) is 5.79. The maximum absolute atomic E-state index is 13.5. The van der Waals surface area contributed by atoms with Crippen molar-refractivity contribution in [3.05, 3.63) is 131 Å². The molecule has 0 radical (unpaired) electrons. The highest BCUT2D eigenvalue weighted by atomic mass is 16.1. The van der Waals surface area contributed by atoms with E-state index in [1.165, 1.54) is 0 Å². The van der Waals surface area contributed by atoms with Gasteiger partial charge in [0.15, 0.2) is 0 Å². The Morgan fingerprint density at radius 2 is 1.14 bits per heavy atom. The standard InChI is InChI=1S/C30H18N2O3/c33-18-19-10-12-20(13-11-19)21-14-16-22(17-15-21)30-31-26-27(32(30)23-6-2-1-3-7-23)29(35)25-9-5-4-8-24(25)28(26)34/h1-18H. The maximum Gasteiger partial charge on any atom is 0.214 e. The number of fused-ring (bicyclic) bond motifs is 2. The van der Waals surface area contributed by atoms with Crippen LogP contribution in [0.3, 0.4) is 0 Å². The number of carbonyl (C=O) groups is 3. The van der Waals surface area contributed by atoms with Gasteiger partial charge in [-0.2, -0.15) is 0 Å². The molecule has 0 N–H and O–H groups in total. The van der Waals surface area contributed by atoms with Gasteiger partial charge in [0.25, 0.3) is 0 Å². The van der Waals surface area contributed by atoms with Crippen LogP contribution in [0.2, 0.25) is 0 Å². The van der Waals surface area contributed by atoms with Crippen LogP contribution in [0.4, 0.5) is 0 Å². The van der Waals surface area contributed by atoms with E-state index in [4.69, 9.17) is 4.98 Å². The summed E-state index contributed by atoms with van der Waals surface area (Å²) >= 11 is 0. The molecule has 0 fully saturated rings. The number of rotatable bonds is 4. The second-order valence-electron chi connectivity index (χ2n) is 8.32. The zero-order valence-corrected chi connectivity index (χ0v) is 18.5. The second-order valence-corrected chi connectivity index (χ2v) is 8.32. The first-order chi connectivity index (χ1) is 17.2. The molecule has 5 heteroatoms. The van der Waals surface area contributed by atoms with Crippen LogP contribution in [0.15, 0.2) is 103 Å². The topological polar surface area (TPSA) is 69.0 Å². The van der Waals surface area contributed by atoms with E-state index in [9.17, 15) is 14.4 Å². The highest BCUT2D eigenvalue weighted by Crippen LogP contribution is 2.34. The zero-order chi connectivity index (χ0) is 23.9. The third-order valence-electron chi connectivity index (χ3n) is 6.26. The summed E-state index contributed by atoms with van der Waals surface area (Å²) in [7, 11) is 0. The molecule has 0 atom stereocenters. The van der Waals surface area contributed by atoms with Crippen LogP contribution < -0.4 is 0 Å². The van der Waals surface area contributed by atoms with Crippen LogP contribution in [0.5, 0.6) is 0 Å². The number of aldehydes is 1. The summed E-state index contributed by atoms with van der Waals surface area (Å²) in [4.78, 5) is 42.5. The molecule has 0 saturated heterocycles. The third kappa shape index (κ3) is 3.33. The molecule has 0 spiro atoms. The molecule has 1 aromatic heterocycles. The van der Waals surface area contributed by atoms with Crippen molar-refractivity contribution in [3.8, 4) is 28.2 Å². The average Bonchev–Trinajstić information content (AvgIpc) is 3.34. The van der Waals surface area contributed by atoms with E-state index < -0.39 is 0 Å². The molecule has 0 unspecified atom stereocenters. The van der Waals surface area contributed by atoms with Crippen LogP contribution in [-0.2, 0) is 0 Å². The first-order valence-corrected chi connectivity index (χ1v) is 11.2. The number of carbonyl (C=O) groups excluding carboxylic acids is 3. The Morgan fingerprint density at radius 3 is 1.77 bits per heavy atom. The van der Waals surface area contributed by atoms with Crippen molar-refractivity contribution in [2.75, 3.05) is 0 Å². The van der Waals surface area contributed by atoms with Crippen LogP contribution in [-0.4, -0.2) is 27.4 Å². The normalized spacial score (nSPS) is 12.2. The van der Waals surface area contributed by atoms with Crippen molar-refractivity contribution in [3.63, 3.8) is 0 Å². The van der Waals surface area contributed by atoms with Crippen molar-refractivity contribution < 1.29 is 14.4 Å². The Labute approximate surface area is 201 Å². The van der Waals surface area contributed by atoms with Crippen molar-refractivity contribution in [1.29, 1.82) is 0 Å². The Hall–Kier alpha value is -4.90. The summed E-state index contributed by atoms with van der Waals surface area (Å²) in [5, 5.41) is 0. The van der Waals surface area contributed by atoms with Gasteiger partial charge in [0.2, 0.25) is 11.6 Å². The van der Waals surface area contributed by atoms with Gasteiger partial charge in [0, 0.05) is 27.9 Å². The fourth-order valence-corrected chi connectivity index (χ4v) is 4.51. The van der Waals surface area contributed by atoms with E-state index >= 15 is 0 Å². The van der Waals surface area contributed by atoms with Crippen molar-refractivity contribution >= 4 is 17.9 Å². The summed E-state index contributed by atoms with van der Waals surface area (Å²) in [5.74, 6) is 0.0567. The number of hydrogen-bond acceptors (Lipinski definition) is 4. The Morgan fingerprint density at radius 1 is 0.600 bits per heavy atom. The minimum absolute atomic E-state index is 0.168. The lowest BCUT2D eigenvalue weighted by molar-refractivity contribution is 0.0972. The molecular formula is C30H18N2O3. The first kappa shape index (κ1) is 20.7. The molecule has 5 nitrogen and oxygen atoms in total. The largest absolute Gasteiger partial charge is 0.298 e. The van der Waals surface area contributed by atoms with Crippen molar-refractivity contribution in [2.24, 2.45) is 0 Å². The molecule has 0 aliphatic heterocycles. The monoisotopic (exact) mass is 454 g/mol. The molecule has 35 heavy (non-hydrogen) atoms. The molecule has 166 valence electrons. The van der Waals surface area contributed by atoms with Gasteiger partial charge >= 0.3 is 0 Å². The summed E-state index contributed by atoms with van der Waals surface area (Å²) in [6.45, 7) is 0. The quantitative estimate of drug-likeness (QED) is 0.316. The van der Waals surface area contributed by atoms with E-state index in [2.05, 4.69) is 0 Å². The minimum atomic E-state index is -0.252. The van der Waals surface area contributed by atoms with Gasteiger partial charge in [-0.05, 0) is 23.3 Å². The minimum Gasteiger partial charge on any atom is -0.298 e. The van der Waals surface area contributed by atoms with E-state index in [0.717, 1.165) is 28.7 Å². The second kappa shape index (κ2) is 8.15. The average molecular weight is 454 g/mol. The van der Waals surface area contributed by atoms with Crippen LogP contribution in [0.25, 0.3) is 28.2 Å². The van der Waals surface area contributed by atoms with Gasteiger partial charge in [-0.1, -0.05) is 91.0 Å². The van der Waals surface area contributed by atoms with Crippen molar-refractivity contribution in [1.82, 2.24) is 9.55 Å². The lowest BCUT2D eigenvalue weighted by Gasteiger charge is -2.16. The lowest BCUT2D eigenvalue weighted by Crippen LogP contribution is -2.22. The third-order valence-corrected chi connectivity index (χ3v) is 6.26. The Bertz CT molecular complexity index is 1610. The summed E-state index contributed by atoms with van der Waals surface area (Å²) in [6, 6.07) is 31.5. The number of imidazole rings is 1. The zero-order valence-electron chi connectivity index (χ0n) is 18.5. The first-order valence-electron chi connectivity index (χ1n) is 11.2. The number of para-hydroxylation sites is 1. The van der Waals surface area contributed by atoms with Gasteiger partial charge in [-0.25, -0.2) is 4.98 Å². The van der Waals surface area contributed by atoms with E-state index in [-0.39, 0.29) is 23.0 Å². The van der Waals surface area contributed by atoms with Gasteiger partial charge in [-0.15, -0.1) is 0 Å². The van der Waals surface area contributed by atoms with Gasteiger partial charge in [-0.3, -0.25) is 19.0 Å². The van der Waals surface area contributed by atoms with Crippen LogP contribution >= 0.6 is 0 Å². The van der Waals surface area contributed by atoms with Gasteiger partial charge < -0.3 is 0 Å². The molecule has 0 bridgehead atoms. The molecule has 0 saturated carbocycles. The summed E-state index contributed by atoms with van der Waals surface area (Å²) in [6.07, 6.45) is 0.818. The van der Waals surface area contributed by atoms with E-state index in [0.29, 0.717) is 22.5 Å².